The Morgan fingerprint density at radius 2 is 1.93 bits per heavy atom. The number of halogens is 2. The van der Waals surface area contributed by atoms with E-state index in [4.69, 9.17) is 11.6 Å². The molecule has 0 saturated carbocycles. The highest BCUT2D eigenvalue weighted by Gasteiger charge is 2.19. The van der Waals surface area contributed by atoms with Crippen molar-refractivity contribution in [3.8, 4) is 5.69 Å². The molecule has 0 saturated heterocycles. The smallest absolute Gasteiger partial charge is 0.242 e. The topological polar surface area (TPSA) is 93.1 Å². The van der Waals surface area contributed by atoms with E-state index >= 15 is 0 Å². The first-order valence-electron chi connectivity index (χ1n) is 7.70. The number of hydrogen-bond acceptors (Lipinski definition) is 4. The van der Waals surface area contributed by atoms with E-state index in [1.54, 1.807) is 53.5 Å². The second-order valence-corrected chi connectivity index (χ2v) is 8.50. The summed E-state index contributed by atoms with van der Waals surface area (Å²) in [5, 5.41) is 6.81. The number of nitrogens with zero attached hydrogens (tertiary/aromatic N) is 2. The van der Waals surface area contributed by atoms with Crippen LogP contribution in [0, 0.1) is 0 Å². The van der Waals surface area contributed by atoms with Gasteiger partial charge in [0, 0.05) is 22.6 Å². The number of nitrogens with one attached hydrogen (secondary N) is 2. The Labute approximate surface area is 169 Å². The molecular weight excluding hydrogens is 456 g/mol. The molecule has 0 aliphatic carbocycles. The summed E-state index contributed by atoms with van der Waals surface area (Å²) in [4.78, 5) is 12.0. The van der Waals surface area contributed by atoms with Crippen molar-refractivity contribution in [1.82, 2.24) is 14.5 Å². The van der Waals surface area contributed by atoms with Gasteiger partial charge in [0.1, 0.15) is 4.90 Å². The Hall–Kier alpha value is -2.20. The maximum Gasteiger partial charge on any atom is 0.242 e. The lowest BCUT2D eigenvalue weighted by atomic mass is 10.3. The molecule has 1 aromatic heterocycles. The molecule has 0 aliphatic heterocycles. The number of hydrogen-bond donors (Lipinski definition) is 2. The van der Waals surface area contributed by atoms with Crippen LogP contribution < -0.4 is 10.0 Å². The quantitative estimate of drug-likeness (QED) is 0.580. The van der Waals surface area contributed by atoms with Crippen LogP contribution in [0.25, 0.3) is 5.69 Å². The van der Waals surface area contributed by atoms with E-state index in [0.717, 1.165) is 5.69 Å². The van der Waals surface area contributed by atoms with Crippen molar-refractivity contribution in [2.24, 2.45) is 0 Å². The zero-order valence-electron chi connectivity index (χ0n) is 13.8. The summed E-state index contributed by atoms with van der Waals surface area (Å²) >= 11 is 9.13. The van der Waals surface area contributed by atoms with Gasteiger partial charge in [0.25, 0.3) is 0 Å². The van der Waals surface area contributed by atoms with Gasteiger partial charge in [0.15, 0.2) is 0 Å². The van der Waals surface area contributed by atoms with Crippen LogP contribution in [0.1, 0.15) is 0 Å². The highest BCUT2D eigenvalue weighted by molar-refractivity contribution is 9.10. The molecule has 2 N–H and O–H groups in total. The molecule has 0 atom stereocenters. The second kappa shape index (κ2) is 8.22. The number of amides is 1. The fourth-order valence-electron chi connectivity index (χ4n) is 2.25. The highest BCUT2D eigenvalue weighted by Crippen LogP contribution is 2.25. The Morgan fingerprint density at radius 3 is 2.59 bits per heavy atom. The van der Waals surface area contributed by atoms with Gasteiger partial charge in [0.05, 0.1) is 17.3 Å². The summed E-state index contributed by atoms with van der Waals surface area (Å²) in [5.74, 6) is -0.503. The lowest BCUT2D eigenvalue weighted by Gasteiger charge is -2.10. The highest BCUT2D eigenvalue weighted by atomic mass is 79.9. The number of rotatable bonds is 6. The molecule has 0 radical (unpaired) electrons. The summed E-state index contributed by atoms with van der Waals surface area (Å²) in [6, 6.07) is 13.2. The number of aromatic nitrogens is 2. The van der Waals surface area contributed by atoms with Crippen LogP contribution in [0.3, 0.4) is 0 Å². The third-order valence-electron chi connectivity index (χ3n) is 3.53. The molecule has 0 bridgehead atoms. The van der Waals surface area contributed by atoms with Crippen molar-refractivity contribution < 1.29 is 13.2 Å². The molecule has 3 aromatic rings. The van der Waals surface area contributed by atoms with Gasteiger partial charge in [-0.15, -0.1) is 0 Å². The SMILES string of the molecule is O=C(CNS(=O)(=O)c1cc(Br)ccc1Cl)Nc1ccc(-n2cccn2)cc1. The molecule has 0 fully saturated rings. The van der Waals surface area contributed by atoms with Crippen LogP contribution in [0.5, 0.6) is 0 Å². The molecule has 0 aliphatic rings. The summed E-state index contributed by atoms with van der Waals surface area (Å²) < 4.78 is 29.1. The van der Waals surface area contributed by atoms with E-state index in [9.17, 15) is 13.2 Å². The van der Waals surface area contributed by atoms with Crippen molar-refractivity contribution in [3.63, 3.8) is 0 Å². The molecule has 2 aromatic carbocycles. The Bertz CT molecular complexity index is 1050. The first-order chi connectivity index (χ1) is 12.8. The van der Waals surface area contributed by atoms with Crippen LogP contribution in [-0.2, 0) is 14.8 Å². The summed E-state index contributed by atoms with van der Waals surface area (Å²) in [7, 11) is -3.92. The van der Waals surface area contributed by atoms with Gasteiger partial charge in [-0.25, -0.2) is 17.8 Å². The number of sulfonamides is 1. The largest absolute Gasteiger partial charge is 0.325 e. The zero-order chi connectivity index (χ0) is 19.4. The lowest BCUT2D eigenvalue weighted by Crippen LogP contribution is -2.33. The van der Waals surface area contributed by atoms with Crippen LogP contribution >= 0.6 is 27.5 Å². The van der Waals surface area contributed by atoms with Crippen molar-refractivity contribution in [1.29, 1.82) is 0 Å². The minimum atomic E-state index is -3.92. The lowest BCUT2D eigenvalue weighted by molar-refractivity contribution is -0.115. The first kappa shape index (κ1) is 19.6. The molecule has 27 heavy (non-hydrogen) atoms. The zero-order valence-corrected chi connectivity index (χ0v) is 16.9. The second-order valence-electron chi connectivity index (χ2n) is 5.44. The standard InChI is InChI=1S/C17H14BrClN4O3S/c18-12-2-7-15(19)16(10-12)27(25,26)21-11-17(24)22-13-3-5-14(6-4-13)23-9-1-8-20-23/h1-10,21H,11H2,(H,22,24). The Balaban J connectivity index is 1.61. The van der Waals surface area contributed by atoms with Crippen molar-refractivity contribution in [2.75, 3.05) is 11.9 Å². The molecule has 7 nitrogen and oxygen atoms in total. The molecule has 3 rings (SSSR count). The predicted molar refractivity (Wildman–Crippen MR) is 107 cm³/mol. The van der Waals surface area contributed by atoms with E-state index < -0.39 is 22.5 Å². The average molecular weight is 470 g/mol. The van der Waals surface area contributed by atoms with Gasteiger partial charge >= 0.3 is 0 Å². The molecular formula is C17H14BrClN4O3S. The van der Waals surface area contributed by atoms with Crippen molar-refractivity contribution >= 4 is 49.1 Å². The van der Waals surface area contributed by atoms with Crippen LogP contribution in [0.15, 0.2) is 70.3 Å². The number of anilines is 1. The van der Waals surface area contributed by atoms with Crippen LogP contribution in [-0.4, -0.2) is 30.7 Å². The van der Waals surface area contributed by atoms with E-state index in [-0.39, 0.29) is 9.92 Å². The molecule has 10 heteroatoms. The third kappa shape index (κ3) is 4.95. The van der Waals surface area contributed by atoms with Gasteiger partial charge in [0.2, 0.25) is 15.9 Å². The minimum Gasteiger partial charge on any atom is -0.325 e. The first-order valence-corrected chi connectivity index (χ1v) is 10.4. The average Bonchev–Trinajstić information content (AvgIpc) is 3.17. The Morgan fingerprint density at radius 1 is 1.19 bits per heavy atom. The summed E-state index contributed by atoms with van der Waals surface area (Å²) in [5.41, 5.74) is 1.37. The molecule has 0 unspecified atom stereocenters. The minimum absolute atomic E-state index is 0.0697. The van der Waals surface area contributed by atoms with Crippen LogP contribution in [0.2, 0.25) is 5.02 Å². The van der Waals surface area contributed by atoms with Gasteiger partial charge in [-0.2, -0.15) is 5.10 Å². The van der Waals surface area contributed by atoms with E-state index in [1.807, 2.05) is 0 Å². The molecule has 1 amide bonds. The number of carbonyl (C=O) groups is 1. The van der Waals surface area contributed by atoms with E-state index in [1.165, 1.54) is 12.1 Å². The van der Waals surface area contributed by atoms with Gasteiger partial charge in [-0.3, -0.25) is 4.79 Å². The normalized spacial score (nSPS) is 11.3. The molecule has 140 valence electrons. The van der Waals surface area contributed by atoms with Gasteiger partial charge < -0.3 is 5.32 Å². The fraction of sp³-hybridized carbons (Fsp3) is 0.0588. The van der Waals surface area contributed by atoms with E-state index in [0.29, 0.717) is 10.2 Å². The number of carbonyl (C=O) groups excluding carboxylic acids is 1. The molecule has 0 spiro atoms. The van der Waals surface area contributed by atoms with Crippen LogP contribution in [0.4, 0.5) is 5.69 Å². The van der Waals surface area contributed by atoms with Crippen molar-refractivity contribution in [3.05, 3.63) is 70.4 Å². The Kier molecular flexibility index (Phi) is 5.95. The molecule has 1 heterocycles. The van der Waals surface area contributed by atoms with Gasteiger partial charge in [-0.05, 0) is 48.5 Å². The van der Waals surface area contributed by atoms with E-state index in [2.05, 4.69) is 31.1 Å². The predicted octanol–water partition coefficient (Wildman–Crippen LogP) is 3.21. The van der Waals surface area contributed by atoms with Gasteiger partial charge in [-0.1, -0.05) is 27.5 Å². The maximum absolute atomic E-state index is 12.3. The number of benzene rings is 2. The third-order valence-corrected chi connectivity index (χ3v) is 5.90. The summed E-state index contributed by atoms with van der Waals surface area (Å²) in [6.07, 6.45) is 3.47. The monoisotopic (exact) mass is 468 g/mol. The van der Waals surface area contributed by atoms with Crippen molar-refractivity contribution in [2.45, 2.75) is 4.90 Å². The summed E-state index contributed by atoms with van der Waals surface area (Å²) in [6.45, 7) is -0.425. The fourth-order valence-corrected chi connectivity index (χ4v) is 4.26. The maximum atomic E-state index is 12.3.